The fraction of sp³-hybridized carbons (Fsp3) is 0.818. The first-order valence-corrected chi connectivity index (χ1v) is 6.87. The molecule has 0 spiro atoms. The second-order valence-electron chi connectivity index (χ2n) is 4.55. The average Bonchev–Trinajstić information content (AvgIpc) is 2.73. The summed E-state index contributed by atoms with van der Waals surface area (Å²) >= 11 is 1.81. The van der Waals surface area contributed by atoms with E-state index in [1.54, 1.807) is 6.92 Å². The van der Waals surface area contributed by atoms with Crippen LogP contribution in [0.4, 0.5) is 4.79 Å². The van der Waals surface area contributed by atoms with Crippen LogP contribution < -0.4 is 10.6 Å². The zero-order chi connectivity index (χ0) is 11.7. The zero-order valence-electron chi connectivity index (χ0n) is 9.66. The van der Waals surface area contributed by atoms with Crippen molar-refractivity contribution >= 4 is 23.6 Å². The van der Waals surface area contributed by atoms with Crippen LogP contribution >= 0.6 is 11.8 Å². The third-order valence-corrected chi connectivity index (χ3v) is 4.95. The van der Waals surface area contributed by atoms with Crippen LogP contribution in [0.25, 0.3) is 0 Å². The quantitative estimate of drug-likeness (QED) is 0.727. The highest BCUT2D eigenvalue weighted by Crippen LogP contribution is 2.36. The molecule has 4 atom stereocenters. The van der Waals surface area contributed by atoms with Crippen molar-refractivity contribution in [3.05, 3.63) is 0 Å². The van der Waals surface area contributed by atoms with Gasteiger partial charge in [-0.25, -0.2) is 4.79 Å². The van der Waals surface area contributed by atoms with E-state index in [9.17, 15) is 9.59 Å². The molecule has 0 aliphatic carbocycles. The Kier molecular flexibility index (Phi) is 3.42. The van der Waals surface area contributed by atoms with Crippen LogP contribution in [0.2, 0.25) is 0 Å². The van der Waals surface area contributed by atoms with Gasteiger partial charge >= 0.3 is 6.03 Å². The smallest absolute Gasteiger partial charge is 0.315 e. The van der Waals surface area contributed by atoms with Crippen molar-refractivity contribution in [1.82, 2.24) is 10.6 Å². The van der Waals surface area contributed by atoms with E-state index < -0.39 is 0 Å². The Balaban J connectivity index is 2.08. The number of nitrogens with one attached hydrogen (secondary N) is 2. The molecule has 0 aromatic carbocycles. The number of hydrogen-bond acceptors (Lipinski definition) is 3. The van der Waals surface area contributed by atoms with Crippen molar-refractivity contribution in [3.63, 3.8) is 0 Å². The maximum absolute atomic E-state index is 11.6. The lowest BCUT2D eigenvalue weighted by atomic mass is 9.90. The largest absolute Gasteiger partial charge is 0.332 e. The summed E-state index contributed by atoms with van der Waals surface area (Å²) in [4.78, 5) is 22.9. The van der Waals surface area contributed by atoms with Gasteiger partial charge in [0.25, 0.3) is 0 Å². The molecule has 2 amide bonds. The van der Waals surface area contributed by atoms with Crippen LogP contribution in [0, 0.1) is 5.92 Å². The second-order valence-corrected chi connectivity index (χ2v) is 5.76. The van der Waals surface area contributed by atoms with Crippen molar-refractivity contribution in [2.24, 2.45) is 5.92 Å². The van der Waals surface area contributed by atoms with Gasteiger partial charge in [0.2, 0.25) is 0 Å². The van der Waals surface area contributed by atoms with Gasteiger partial charge in [0.1, 0.15) is 5.78 Å². The maximum atomic E-state index is 11.6. The Morgan fingerprint density at radius 3 is 2.94 bits per heavy atom. The predicted octanol–water partition coefficient (Wildman–Crippen LogP) is 1.16. The highest BCUT2D eigenvalue weighted by Gasteiger charge is 2.46. The molecule has 5 heteroatoms. The Morgan fingerprint density at radius 1 is 1.56 bits per heavy atom. The fourth-order valence-corrected chi connectivity index (χ4v) is 4.35. The maximum Gasteiger partial charge on any atom is 0.315 e. The number of carbonyl (C=O) groups is 2. The molecule has 0 aromatic rings. The molecule has 2 N–H and O–H groups in total. The number of carbonyl (C=O) groups excluding carboxylic acids is 2. The van der Waals surface area contributed by atoms with Crippen LogP contribution in [-0.2, 0) is 4.79 Å². The van der Waals surface area contributed by atoms with E-state index in [-0.39, 0.29) is 35.1 Å². The van der Waals surface area contributed by atoms with Crippen molar-refractivity contribution in [1.29, 1.82) is 0 Å². The van der Waals surface area contributed by atoms with Crippen LogP contribution in [-0.4, -0.2) is 34.9 Å². The highest BCUT2D eigenvalue weighted by atomic mass is 32.2. The summed E-state index contributed by atoms with van der Waals surface area (Å²) in [6.45, 7) is 3.76. The summed E-state index contributed by atoms with van der Waals surface area (Å²) < 4.78 is 0. The van der Waals surface area contributed by atoms with Gasteiger partial charge in [-0.15, -0.1) is 0 Å². The minimum absolute atomic E-state index is 0.0842. The lowest BCUT2D eigenvalue weighted by molar-refractivity contribution is -0.121. The number of thioether (sulfide) groups is 1. The number of hydrogen-bond donors (Lipinski definition) is 2. The third kappa shape index (κ3) is 2.05. The minimum Gasteiger partial charge on any atom is -0.332 e. The molecule has 16 heavy (non-hydrogen) atoms. The molecule has 0 radical (unpaired) electrons. The summed E-state index contributed by atoms with van der Waals surface area (Å²) in [6.07, 6.45) is 1.94. The standard InChI is InChI=1S/C11H18N2O2S/c1-3-4-7(6(2)14)10-9-8(5-16-10)12-11(15)13-9/h7-10H,3-5H2,1-2H3,(H2,12,13,15). The molecule has 4 unspecified atom stereocenters. The highest BCUT2D eigenvalue weighted by molar-refractivity contribution is 8.00. The first-order chi connectivity index (χ1) is 7.63. The number of urea groups is 1. The lowest BCUT2D eigenvalue weighted by Crippen LogP contribution is -2.42. The molecule has 2 heterocycles. The second kappa shape index (κ2) is 4.65. The molecule has 2 fully saturated rings. The van der Waals surface area contributed by atoms with E-state index >= 15 is 0 Å². The van der Waals surface area contributed by atoms with E-state index in [0.29, 0.717) is 0 Å². The summed E-state index contributed by atoms with van der Waals surface area (Å²) in [7, 11) is 0. The van der Waals surface area contributed by atoms with Gasteiger partial charge in [-0.3, -0.25) is 4.79 Å². The summed E-state index contributed by atoms with van der Waals surface area (Å²) in [5.74, 6) is 1.26. The number of rotatable bonds is 4. The monoisotopic (exact) mass is 242 g/mol. The SMILES string of the molecule is CCCC(C(C)=O)C1SCC2NC(=O)NC21. The van der Waals surface area contributed by atoms with E-state index in [1.807, 2.05) is 11.8 Å². The predicted molar refractivity (Wildman–Crippen MR) is 64.6 cm³/mol. The molecular formula is C11H18N2O2S. The Hall–Kier alpha value is -0.710. The summed E-state index contributed by atoms with van der Waals surface area (Å²) in [5, 5.41) is 6.09. The van der Waals surface area contributed by atoms with Crippen LogP contribution in [0.3, 0.4) is 0 Å². The first kappa shape index (κ1) is 11.8. The number of fused-ring (bicyclic) bond motifs is 1. The minimum atomic E-state index is -0.0842. The Bertz CT molecular complexity index is 308. The van der Waals surface area contributed by atoms with E-state index in [1.165, 1.54) is 0 Å². The first-order valence-electron chi connectivity index (χ1n) is 5.82. The molecule has 2 aliphatic heterocycles. The molecule has 90 valence electrons. The third-order valence-electron chi connectivity index (χ3n) is 3.39. The average molecular weight is 242 g/mol. The van der Waals surface area contributed by atoms with Crippen LogP contribution in [0.1, 0.15) is 26.7 Å². The van der Waals surface area contributed by atoms with Gasteiger partial charge in [-0.05, 0) is 13.3 Å². The van der Waals surface area contributed by atoms with E-state index in [4.69, 9.17) is 0 Å². The molecule has 0 bridgehead atoms. The van der Waals surface area contributed by atoms with Crippen LogP contribution in [0.15, 0.2) is 0 Å². The zero-order valence-corrected chi connectivity index (χ0v) is 10.5. The van der Waals surface area contributed by atoms with Gasteiger partial charge in [-0.2, -0.15) is 11.8 Å². The van der Waals surface area contributed by atoms with Crippen molar-refractivity contribution in [2.75, 3.05) is 5.75 Å². The van der Waals surface area contributed by atoms with E-state index in [2.05, 4.69) is 17.6 Å². The van der Waals surface area contributed by atoms with Gasteiger partial charge in [0.05, 0.1) is 12.1 Å². The Labute approximate surface area is 99.9 Å². The molecule has 4 nitrogen and oxygen atoms in total. The Morgan fingerprint density at radius 2 is 2.31 bits per heavy atom. The normalized spacial score (nSPS) is 34.1. The van der Waals surface area contributed by atoms with Gasteiger partial charge < -0.3 is 10.6 Å². The van der Waals surface area contributed by atoms with Crippen LogP contribution in [0.5, 0.6) is 0 Å². The van der Waals surface area contributed by atoms with Crippen molar-refractivity contribution in [3.8, 4) is 0 Å². The summed E-state index contributed by atoms with van der Waals surface area (Å²) in [5.41, 5.74) is 0. The van der Waals surface area contributed by atoms with Gasteiger partial charge in [0.15, 0.2) is 0 Å². The summed E-state index contributed by atoms with van der Waals surface area (Å²) in [6, 6.07) is 0.262. The van der Waals surface area contributed by atoms with Crippen molar-refractivity contribution in [2.45, 2.75) is 44.0 Å². The van der Waals surface area contributed by atoms with Gasteiger partial charge in [0, 0.05) is 16.9 Å². The van der Waals surface area contributed by atoms with Crippen molar-refractivity contribution < 1.29 is 9.59 Å². The van der Waals surface area contributed by atoms with Gasteiger partial charge in [-0.1, -0.05) is 13.3 Å². The number of ketones is 1. The molecule has 0 saturated carbocycles. The topological polar surface area (TPSA) is 58.2 Å². The molecule has 0 aromatic heterocycles. The molecule has 2 saturated heterocycles. The molecule has 2 aliphatic rings. The lowest BCUT2D eigenvalue weighted by Gasteiger charge is -2.24. The molecular weight excluding hydrogens is 224 g/mol. The number of Topliss-reactive ketones (excluding diaryl/α,β-unsaturated/α-hetero) is 1. The fourth-order valence-electron chi connectivity index (χ4n) is 2.60. The van der Waals surface area contributed by atoms with E-state index in [0.717, 1.165) is 18.6 Å². The molecule has 2 rings (SSSR count). The number of amides is 2.